The normalized spacial score (nSPS) is 16.7. The predicted octanol–water partition coefficient (Wildman–Crippen LogP) is 5.58. The van der Waals surface area contributed by atoms with Crippen LogP contribution in [0.15, 0.2) is 53.3 Å². The summed E-state index contributed by atoms with van der Waals surface area (Å²) in [5, 5.41) is 10.3. The van der Waals surface area contributed by atoms with Gasteiger partial charge in [-0.15, -0.1) is 0 Å². The Bertz CT molecular complexity index is 1330. The minimum absolute atomic E-state index is 0.239. The minimum atomic E-state index is -1.15. The summed E-state index contributed by atoms with van der Waals surface area (Å²) in [6.07, 6.45) is 3.68. The fourth-order valence-corrected chi connectivity index (χ4v) is 5.39. The van der Waals surface area contributed by atoms with Crippen LogP contribution in [0.2, 0.25) is 25.7 Å². The number of anilines is 1. The van der Waals surface area contributed by atoms with Crippen LogP contribution in [0.4, 0.5) is 5.82 Å². The Morgan fingerprint density at radius 1 is 1.14 bits per heavy atom. The Morgan fingerprint density at radius 2 is 1.94 bits per heavy atom. The van der Waals surface area contributed by atoms with Crippen molar-refractivity contribution in [2.24, 2.45) is 0 Å². The first-order chi connectivity index (χ1) is 17.3. The third kappa shape index (κ3) is 5.41. The van der Waals surface area contributed by atoms with E-state index >= 15 is 0 Å². The van der Waals surface area contributed by atoms with Gasteiger partial charge in [0.25, 0.3) is 0 Å². The molecule has 4 aromatic rings. The van der Waals surface area contributed by atoms with E-state index in [9.17, 15) is 0 Å². The first-order valence-corrected chi connectivity index (χ1v) is 16.9. The largest absolute Gasteiger partial charge is 0.377 e. The zero-order valence-corrected chi connectivity index (χ0v) is 23.9. The average molecular weight is 570 g/mol. The highest BCUT2D eigenvalue weighted by Gasteiger charge is 2.24. The van der Waals surface area contributed by atoms with E-state index in [1.807, 2.05) is 21.6 Å². The molecule has 8 nitrogen and oxygen atoms in total. The molecule has 0 aliphatic carbocycles. The summed E-state index contributed by atoms with van der Waals surface area (Å²) in [5.74, 6) is 1.76. The predicted molar refractivity (Wildman–Crippen MR) is 150 cm³/mol. The van der Waals surface area contributed by atoms with E-state index in [0.717, 1.165) is 57.5 Å². The zero-order chi connectivity index (χ0) is 25.3. The molecule has 1 aromatic carbocycles. The number of ether oxygens (including phenoxy) is 2. The number of aromatic nitrogens is 5. The van der Waals surface area contributed by atoms with Crippen LogP contribution in [0.1, 0.15) is 6.92 Å². The molecular formula is C26H33BrN6O2Si. The van der Waals surface area contributed by atoms with E-state index in [2.05, 4.69) is 82.8 Å². The zero-order valence-electron chi connectivity index (χ0n) is 21.3. The standard InChI is InChI=1S/C26H33BrN6O2Si/c1-19-17-34-12-11-31(19)24-15-22(20-5-7-21(27)8-6-20)23-16-29-33(26(23)30-24)25-9-10-28-32(25)18-35-13-14-36(2,3)4/h5-10,15-16,19H,11-14,17-18H2,1-4H3/t19-/m1/s1. The number of hydrogen-bond acceptors (Lipinski definition) is 6. The highest BCUT2D eigenvalue weighted by Crippen LogP contribution is 2.34. The first-order valence-electron chi connectivity index (χ1n) is 12.4. The highest BCUT2D eigenvalue weighted by atomic mass is 79.9. The van der Waals surface area contributed by atoms with Gasteiger partial charge in [0.05, 0.1) is 31.6 Å². The van der Waals surface area contributed by atoms with Gasteiger partial charge in [-0.1, -0.05) is 47.7 Å². The molecule has 190 valence electrons. The Balaban J connectivity index is 1.55. The van der Waals surface area contributed by atoms with Gasteiger partial charge in [-0.2, -0.15) is 14.9 Å². The molecule has 4 heterocycles. The summed E-state index contributed by atoms with van der Waals surface area (Å²) in [6.45, 7) is 12.5. The monoisotopic (exact) mass is 568 g/mol. The number of nitrogens with zero attached hydrogens (tertiary/aromatic N) is 6. The maximum Gasteiger partial charge on any atom is 0.167 e. The van der Waals surface area contributed by atoms with Crippen molar-refractivity contribution in [2.75, 3.05) is 31.3 Å². The molecule has 0 unspecified atom stereocenters. The number of morpholine rings is 1. The second-order valence-corrected chi connectivity index (χ2v) is 17.0. The molecule has 10 heteroatoms. The topological polar surface area (TPSA) is 70.2 Å². The van der Waals surface area contributed by atoms with Crippen LogP contribution >= 0.6 is 15.9 Å². The Kier molecular flexibility index (Phi) is 7.29. The molecule has 1 aliphatic heterocycles. The van der Waals surface area contributed by atoms with Crippen molar-refractivity contribution in [3.8, 4) is 16.9 Å². The van der Waals surface area contributed by atoms with Crippen LogP contribution in [0, 0.1) is 0 Å². The van der Waals surface area contributed by atoms with E-state index in [1.54, 1.807) is 6.20 Å². The fraction of sp³-hybridized carbons (Fsp3) is 0.423. The highest BCUT2D eigenvalue weighted by molar-refractivity contribution is 9.10. The van der Waals surface area contributed by atoms with E-state index in [1.165, 1.54) is 0 Å². The molecule has 1 saturated heterocycles. The maximum absolute atomic E-state index is 5.99. The van der Waals surface area contributed by atoms with E-state index in [4.69, 9.17) is 19.6 Å². The van der Waals surface area contributed by atoms with Gasteiger partial charge in [0.2, 0.25) is 0 Å². The van der Waals surface area contributed by atoms with Crippen LogP contribution in [0.3, 0.4) is 0 Å². The SMILES string of the molecule is C[C@@H]1COCCN1c1cc(-c2ccc(Br)cc2)c2cnn(-c3ccnn3COCC[Si](C)(C)C)c2n1. The van der Waals surface area contributed by atoms with Crippen LogP contribution < -0.4 is 4.90 Å². The Hall–Kier alpha value is -2.53. The number of hydrogen-bond donors (Lipinski definition) is 0. The van der Waals surface area contributed by atoms with E-state index < -0.39 is 8.07 Å². The number of pyridine rings is 1. The van der Waals surface area contributed by atoms with Crippen molar-refractivity contribution in [1.29, 1.82) is 0 Å². The lowest BCUT2D eigenvalue weighted by molar-refractivity contribution is 0.0782. The fourth-order valence-electron chi connectivity index (χ4n) is 4.37. The van der Waals surface area contributed by atoms with Crippen molar-refractivity contribution < 1.29 is 9.47 Å². The van der Waals surface area contributed by atoms with Crippen LogP contribution in [0.5, 0.6) is 0 Å². The Labute approximate surface area is 221 Å². The minimum Gasteiger partial charge on any atom is -0.377 e. The molecule has 36 heavy (non-hydrogen) atoms. The summed E-state index contributed by atoms with van der Waals surface area (Å²) in [7, 11) is -1.15. The van der Waals surface area contributed by atoms with Gasteiger partial charge in [-0.05, 0) is 42.3 Å². The summed E-state index contributed by atoms with van der Waals surface area (Å²) < 4.78 is 16.4. The number of fused-ring (bicyclic) bond motifs is 1. The molecule has 0 saturated carbocycles. The molecule has 3 aromatic heterocycles. The summed E-state index contributed by atoms with van der Waals surface area (Å²) in [5.41, 5.74) is 3.02. The molecular weight excluding hydrogens is 536 g/mol. The number of halogens is 1. The molecule has 5 rings (SSSR count). The molecule has 0 amide bonds. The third-order valence-corrected chi connectivity index (χ3v) is 8.70. The van der Waals surface area contributed by atoms with Crippen LogP contribution in [-0.4, -0.2) is 65.0 Å². The molecule has 0 N–H and O–H groups in total. The van der Waals surface area contributed by atoms with E-state index in [0.29, 0.717) is 19.9 Å². The molecule has 0 spiro atoms. The van der Waals surface area contributed by atoms with Crippen LogP contribution in [-0.2, 0) is 16.2 Å². The van der Waals surface area contributed by atoms with Gasteiger partial charge in [0, 0.05) is 37.2 Å². The summed E-state index contributed by atoms with van der Waals surface area (Å²) in [4.78, 5) is 7.44. The van der Waals surface area contributed by atoms with Crippen molar-refractivity contribution in [3.05, 3.63) is 53.3 Å². The maximum atomic E-state index is 5.99. The third-order valence-electron chi connectivity index (χ3n) is 6.47. The first kappa shape index (κ1) is 25.1. The van der Waals surface area contributed by atoms with Crippen molar-refractivity contribution >= 4 is 40.9 Å². The molecule has 1 atom stereocenters. The van der Waals surface area contributed by atoms with Gasteiger partial charge in [0.15, 0.2) is 11.5 Å². The van der Waals surface area contributed by atoms with Crippen molar-refractivity contribution in [1.82, 2.24) is 24.5 Å². The van der Waals surface area contributed by atoms with Gasteiger partial charge >= 0.3 is 0 Å². The molecule has 1 fully saturated rings. The lowest BCUT2D eigenvalue weighted by Crippen LogP contribution is -2.44. The number of benzene rings is 1. The lowest BCUT2D eigenvalue weighted by atomic mass is 10.0. The molecule has 0 radical (unpaired) electrons. The van der Waals surface area contributed by atoms with Gasteiger partial charge < -0.3 is 14.4 Å². The lowest BCUT2D eigenvalue weighted by Gasteiger charge is -2.34. The quantitative estimate of drug-likeness (QED) is 0.204. The van der Waals surface area contributed by atoms with Gasteiger partial charge in [0.1, 0.15) is 12.5 Å². The average Bonchev–Trinajstić information content (AvgIpc) is 3.48. The summed E-state index contributed by atoms with van der Waals surface area (Å²) in [6, 6.07) is 13.9. The van der Waals surface area contributed by atoms with Crippen molar-refractivity contribution in [3.63, 3.8) is 0 Å². The molecule has 1 aliphatic rings. The second-order valence-electron chi connectivity index (χ2n) is 10.5. The molecule has 0 bridgehead atoms. The summed E-state index contributed by atoms with van der Waals surface area (Å²) >= 11 is 3.56. The van der Waals surface area contributed by atoms with Crippen LogP contribution in [0.25, 0.3) is 28.0 Å². The van der Waals surface area contributed by atoms with Crippen molar-refractivity contribution in [2.45, 2.75) is 45.4 Å². The second kappa shape index (κ2) is 10.4. The van der Waals surface area contributed by atoms with E-state index in [-0.39, 0.29) is 6.04 Å². The van der Waals surface area contributed by atoms with Gasteiger partial charge in [-0.25, -0.2) is 9.67 Å². The Morgan fingerprint density at radius 3 is 2.69 bits per heavy atom. The smallest absolute Gasteiger partial charge is 0.167 e. The number of rotatable bonds is 8. The van der Waals surface area contributed by atoms with Gasteiger partial charge in [-0.3, -0.25) is 0 Å².